The summed E-state index contributed by atoms with van der Waals surface area (Å²) in [6.07, 6.45) is 2.22. The minimum absolute atomic E-state index is 0.193. The molecule has 0 aromatic heterocycles. The van der Waals surface area contributed by atoms with Gasteiger partial charge in [-0.25, -0.2) is 4.39 Å². The number of hydrogen-bond donors (Lipinski definition) is 1. The van der Waals surface area contributed by atoms with Crippen LogP contribution in [-0.4, -0.2) is 19.2 Å². The summed E-state index contributed by atoms with van der Waals surface area (Å²) in [6.45, 7) is 3.73. The summed E-state index contributed by atoms with van der Waals surface area (Å²) in [7, 11) is 0. The molecule has 1 aliphatic rings. The Morgan fingerprint density at radius 3 is 2.80 bits per heavy atom. The van der Waals surface area contributed by atoms with Gasteiger partial charge in [-0.2, -0.15) is 0 Å². The van der Waals surface area contributed by atoms with Crippen LogP contribution in [0.1, 0.15) is 18.4 Å². The molecule has 1 N–H and O–H groups in total. The third-order valence-corrected chi connectivity index (χ3v) is 2.80. The number of hydrogen-bond acceptors (Lipinski definition) is 2. The maximum Gasteiger partial charge on any atom is 0.129 e. The van der Waals surface area contributed by atoms with Crippen molar-refractivity contribution in [2.24, 2.45) is 0 Å². The second kappa shape index (κ2) is 4.62. The summed E-state index contributed by atoms with van der Waals surface area (Å²) in [5.74, 6) is 0.489. The monoisotopic (exact) mass is 209 g/mol. The lowest BCUT2D eigenvalue weighted by atomic mass is 10.1. The average molecular weight is 209 g/mol. The fourth-order valence-corrected chi connectivity index (χ4v) is 1.81. The molecule has 2 nitrogen and oxygen atoms in total. The smallest absolute Gasteiger partial charge is 0.129 e. The minimum Gasteiger partial charge on any atom is -0.490 e. The lowest BCUT2D eigenvalue weighted by Crippen LogP contribution is -2.34. The molecule has 0 bridgehead atoms. The molecule has 0 aliphatic carbocycles. The summed E-state index contributed by atoms with van der Waals surface area (Å²) >= 11 is 0. The van der Waals surface area contributed by atoms with E-state index in [1.165, 1.54) is 6.07 Å². The third kappa shape index (κ3) is 2.48. The fourth-order valence-electron chi connectivity index (χ4n) is 1.81. The van der Waals surface area contributed by atoms with Crippen molar-refractivity contribution >= 4 is 0 Å². The lowest BCUT2D eigenvalue weighted by Gasteiger charge is -2.24. The molecule has 0 unspecified atom stereocenters. The van der Waals surface area contributed by atoms with Gasteiger partial charge in [-0.3, -0.25) is 0 Å². The molecular formula is C12H16FNO. The van der Waals surface area contributed by atoms with Crippen LogP contribution in [0.25, 0.3) is 0 Å². The van der Waals surface area contributed by atoms with Crippen LogP contribution in [0.2, 0.25) is 0 Å². The first-order valence-corrected chi connectivity index (χ1v) is 5.40. The molecule has 1 saturated heterocycles. The molecule has 15 heavy (non-hydrogen) atoms. The van der Waals surface area contributed by atoms with Gasteiger partial charge < -0.3 is 10.1 Å². The molecule has 2 rings (SSSR count). The van der Waals surface area contributed by atoms with E-state index < -0.39 is 0 Å². The number of nitrogens with one attached hydrogen (secondary N) is 1. The van der Waals surface area contributed by atoms with Crippen molar-refractivity contribution in [3.8, 4) is 5.75 Å². The van der Waals surface area contributed by atoms with Gasteiger partial charge in [0.2, 0.25) is 0 Å². The van der Waals surface area contributed by atoms with Crippen molar-refractivity contribution in [2.75, 3.05) is 13.1 Å². The van der Waals surface area contributed by atoms with E-state index in [9.17, 15) is 4.39 Å². The van der Waals surface area contributed by atoms with Crippen LogP contribution in [-0.2, 0) is 0 Å². The predicted octanol–water partition coefficient (Wildman–Crippen LogP) is 2.26. The van der Waals surface area contributed by atoms with E-state index in [0.717, 1.165) is 25.9 Å². The summed E-state index contributed by atoms with van der Waals surface area (Å²) < 4.78 is 19.0. The van der Waals surface area contributed by atoms with E-state index in [1.807, 2.05) is 6.07 Å². The Labute approximate surface area is 89.4 Å². The molecule has 0 atom stereocenters. The Morgan fingerprint density at radius 1 is 1.33 bits per heavy atom. The Morgan fingerprint density at radius 2 is 2.07 bits per heavy atom. The minimum atomic E-state index is -0.193. The van der Waals surface area contributed by atoms with Crippen molar-refractivity contribution < 1.29 is 9.13 Å². The van der Waals surface area contributed by atoms with Gasteiger partial charge in [-0.15, -0.1) is 0 Å². The first-order chi connectivity index (χ1) is 7.27. The topological polar surface area (TPSA) is 21.3 Å². The van der Waals surface area contributed by atoms with Gasteiger partial charge in [0.1, 0.15) is 17.7 Å². The highest BCUT2D eigenvalue weighted by Crippen LogP contribution is 2.23. The van der Waals surface area contributed by atoms with Gasteiger partial charge >= 0.3 is 0 Å². The molecule has 0 radical (unpaired) electrons. The number of piperidine rings is 1. The molecule has 1 aromatic rings. The van der Waals surface area contributed by atoms with Crippen molar-refractivity contribution in [2.45, 2.75) is 25.9 Å². The first-order valence-electron chi connectivity index (χ1n) is 5.40. The van der Waals surface area contributed by atoms with Gasteiger partial charge in [0.15, 0.2) is 0 Å². The summed E-state index contributed by atoms with van der Waals surface area (Å²) in [5, 5.41) is 3.27. The summed E-state index contributed by atoms with van der Waals surface area (Å²) in [5.41, 5.74) is 0.607. The standard InChI is InChI=1S/C12H16FNO/c1-9-11(13)3-2-4-12(9)15-10-5-7-14-8-6-10/h2-4,10,14H,5-8H2,1H3. The fraction of sp³-hybridized carbons (Fsp3) is 0.500. The second-order valence-electron chi connectivity index (χ2n) is 3.93. The van der Waals surface area contributed by atoms with E-state index in [-0.39, 0.29) is 11.9 Å². The lowest BCUT2D eigenvalue weighted by molar-refractivity contribution is 0.161. The van der Waals surface area contributed by atoms with Crippen LogP contribution < -0.4 is 10.1 Å². The van der Waals surface area contributed by atoms with E-state index in [4.69, 9.17) is 4.74 Å². The van der Waals surface area contributed by atoms with Gasteiger partial charge in [0, 0.05) is 5.56 Å². The second-order valence-corrected chi connectivity index (χ2v) is 3.93. The third-order valence-electron chi connectivity index (χ3n) is 2.80. The first kappa shape index (κ1) is 10.4. The number of rotatable bonds is 2. The number of benzene rings is 1. The maximum absolute atomic E-state index is 13.2. The Kier molecular flexibility index (Phi) is 3.21. The van der Waals surface area contributed by atoms with Crippen LogP contribution in [0.5, 0.6) is 5.75 Å². The van der Waals surface area contributed by atoms with E-state index in [2.05, 4.69) is 5.32 Å². The SMILES string of the molecule is Cc1c(F)cccc1OC1CCNCC1. The molecule has 1 aromatic carbocycles. The highest BCUT2D eigenvalue weighted by atomic mass is 19.1. The molecule has 1 heterocycles. The van der Waals surface area contributed by atoms with Crippen LogP contribution in [0, 0.1) is 12.7 Å². The molecule has 0 amide bonds. The summed E-state index contributed by atoms with van der Waals surface area (Å²) in [4.78, 5) is 0. The maximum atomic E-state index is 13.2. The highest BCUT2D eigenvalue weighted by Gasteiger charge is 2.15. The molecular weight excluding hydrogens is 193 g/mol. The van der Waals surface area contributed by atoms with E-state index in [0.29, 0.717) is 11.3 Å². The van der Waals surface area contributed by atoms with Crippen LogP contribution in [0.4, 0.5) is 4.39 Å². The van der Waals surface area contributed by atoms with Gasteiger partial charge in [-0.05, 0) is 45.0 Å². The predicted molar refractivity (Wildman–Crippen MR) is 57.7 cm³/mol. The Bertz CT molecular complexity index is 334. The molecule has 3 heteroatoms. The van der Waals surface area contributed by atoms with Gasteiger partial charge in [0.25, 0.3) is 0 Å². The molecule has 0 saturated carbocycles. The largest absolute Gasteiger partial charge is 0.490 e. The van der Waals surface area contributed by atoms with Crippen molar-refractivity contribution in [1.82, 2.24) is 5.32 Å². The van der Waals surface area contributed by atoms with Crippen molar-refractivity contribution in [3.63, 3.8) is 0 Å². The Balaban J connectivity index is 2.06. The zero-order chi connectivity index (χ0) is 10.7. The molecule has 82 valence electrons. The van der Waals surface area contributed by atoms with Gasteiger partial charge in [0.05, 0.1) is 0 Å². The van der Waals surface area contributed by atoms with Crippen LogP contribution in [0.15, 0.2) is 18.2 Å². The van der Waals surface area contributed by atoms with Crippen LogP contribution >= 0.6 is 0 Å². The zero-order valence-electron chi connectivity index (χ0n) is 8.92. The van der Waals surface area contributed by atoms with Crippen molar-refractivity contribution in [1.29, 1.82) is 0 Å². The van der Waals surface area contributed by atoms with Gasteiger partial charge in [-0.1, -0.05) is 6.07 Å². The molecule has 0 spiro atoms. The van der Waals surface area contributed by atoms with Crippen LogP contribution in [0.3, 0.4) is 0 Å². The Hall–Kier alpha value is -1.09. The average Bonchev–Trinajstić information content (AvgIpc) is 2.26. The quantitative estimate of drug-likeness (QED) is 0.806. The molecule has 1 aliphatic heterocycles. The van der Waals surface area contributed by atoms with E-state index >= 15 is 0 Å². The normalized spacial score (nSPS) is 17.7. The summed E-state index contributed by atoms with van der Waals surface area (Å²) in [6, 6.07) is 4.99. The van der Waals surface area contributed by atoms with E-state index in [1.54, 1.807) is 13.0 Å². The number of ether oxygens (including phenoxy) is 1. The number of halogens is 1. The highest BCUT2D eigenvalue weighted by molar-refractivity contribution is 5.33. The van der Waals surface area contributed by atoms with Crippen molar-refractivity contribution in [3.05, 3.63) is 29.6 Å². The molecule has 1 fully saturated rings. The zero-order valence-corrected chi connectivity index (χ0v) is 8.92.